The predicted molar refractivity (Wildman–Crippen MR) is 75.9 cm³/mol. The first-order valence-electron chi connectivity index (χ1n) is 6.49. The van der Waals surface area contributed by atoms with Gasteiger partial charge in [0.15, 0.2) is 11.5 Å². The normalized spacial score (nSPS) is 10.3. The lowest BCUT2D eigenvalue weighted by atomic mass is 10.3. The van der Waals surface area contributed by atoms with Crippen LogP contribution in [0.2, 0.25) is 0 Å². The van der Waals surface area contributed by atoms with E-state index in [1.54, 1.807) is 0 Å². The van der Waals surface area contributed by atoms with E-state index in [1.165, 1.54) is 0 Å². The molecule has 0 heterocycles. The van der Waals surface area contributed by atoms with Crippen LogP contribution in [-0.2, 0) is 0 Å². The summed E-state index contributed by atoms with van der Waals surface area (Å²) in [6.45, 7) is 5.09. The van der Waals surface area contributed by atoms with Crippen LogP contribution in [0.5, 0.6) is 11.5 Å². The first-order chi connectivity index (χ1) is 8.88. The number of unbranched alkanes of at least 4 members (excludes halogenated alkanes) is 1. The molecule has 0 unspecified atom stereocenters. The summed E-state index contributed by atoms with van der Waals surface area (Å²) in [5.41, 5.74) is 0. The molecule has 0 aromatic heterocycles. The van der Waals surface area contributed by atoms with Gasteiger partial charge in [-0.1, -0.05) is 12.1 Å². The Morgan fingerprint density at radius 2 is 1.78 bits per heavy atom. The maximum atomic E-state index is 5.68. The molecule has 0 radical (unpaired) electrons. The van der Waals surface area contributed by atoms with Crippen LogP contribution in [0.4, 0.5) is 0 Å². The van der Waals surface area contributed by atoms with E-state index in [0.29, 0.717) is 13.2 Å². The largest absolute Gasteiger partial charge is 0.490 e. The maximum Gasteiger partial charge on any atom is 0.161 e. The lowest BCUT2D eigenvalue weighted by Gasteiger charge is -2.11. The van der Waals surface area contributed by atoms with Gasteiger partial charge in [-0.3, -0.25) is 0 Å². The average Bonchev–Trinajstić information content (AvgIpc) is 2.40. The van der Waals surface area contributed by atoms with Gasteiger partial charge in [0, 0.05) is 12.4 Å². The van der Waals surface area contributed by atoms with Crippen molar-refractivity contribution in [2.45, 2.75) is 19.8 Å². The van der Waals surface area contributed by atoms with Gasteiger partial charge in [0.25, 0.3) is 0 Å². The quantitative estimate of drug-likeness (QED) is 0.524. The molecule has 0 aliphatic carbocycles. The van der Waals surface area contributed by atoms with Crippen molar-refractivity contribution in [3.8, 4) is 11.5 Å². The molecule has 0 spiro atoms. The number of hydrogen-bond acceptors (Lipinski definition) is 3. The third-order valence-electron chi connectivity index (χ3n) is 2.42. The van der Waals surface area contributed by atoms with Crippen LogP contribution in [0.3, 0.4) is 0 Å². The fourth-order valence-corrected chi connectivity index (χ4v) is 1.74. The molecule has 1 rings (SSSR count). The fourth-order valence-electron chi connectivity index (χ4n) is 1.55. The Hall–Kier alpha value is -0.930. The SMILES string of the molecule is CCOc1ccccc1OCCNCCCCCl. The zero-order valence-corrected chi connectivity index (χ0v) is 11.7. The van der Waals surface area contributed by atoms with E-state index >= 15 is 0 Å². The molecular weight excluding hydrogens is 250 g/mol. The number of halogens is 1. The van der Waals surface area contributed by atoms with Crippen LogP contribution in [0.25, 0.3) is 0 Å². The van der Waals surface area contributed by atoms with E-state index in [0.717, 1.165) is 43.3 Å². The van der Waals surface area contributed by atoms with Crippen molar-refractivity contribution >= 4 is 11.6 Å². The smallest absolute Gasteiger partial charge is 0.161 e. The van der Waals surface area contributed by atoms with Crippen molar-refractivity contribution < 1.29 is 9.47 Å². The number of ether oxygens (including phenoxy) is 2. The highest BCUT2D eigenvalue weighted by atomic mass is 35.5. The van der Waals surface area contributed by atoms with Crippen molar-refractivity contribution in [1.82, 2.24) is 5.32 Å². The zero-order valence-electron chi connectivity index (χ0n) is 11.0. The summed E-state index contributed by atoms with van der Waals surface area (Å²) >= 11 is 5.60. The molecule has 0 amide bonds. The van der Waals surface area contributed by atoms with Crippen LogP contribution in [0.15, 0.2) is 24.3 Å². The molecule has 18 heavy (non-hydrogen) atoms. The van der Waals surface area contributed by atoms with E-state index in [4.69, 9.17) is 21.1 Å². The van der Waals surface area contributed by atoms with E-state index in [1.807, 2.05) is 31.2 Å². The predicted octanol–water partition coefficient (Wildman–Crippen LogP) is 3.07. The molecule has 0 bridgehead atoms. The summed E-state index contributed by atoms with van der Waals surface area (Å²) in [5, 5.41) is 3.32. The second-order valence-electron chi connectivity index (χ2n) is 3.87. The minimum Gasteiger partial charge on any atom is -0.490 e. The van der Waals surface area contributed by atoms with Gasteiger partial charge in [-0.15, -0.1) is 11.6 Å². The number of para-hydroxylation sites is 2. The summed E-state index contributed by atoms with van der Waals surface area (Å²) in [5.74, 6) is 2.35. The lowest BCUT2D eigenvalue weighted by molar-refractivity contribution is 0.276. The Bertz CT molecular complexity index is 320. The summed E-state index contributed by atoms with van der Waals surface area (Å²) in [4.78, 5) is 0. The van der Waals surface area contributed by atoms with Gasteiger partial charge in [-0.2, -0.15) is 0 Å². The number of nitrogens with one attached hydrogen (secondary N) is 1. The van der Waals surface area contributed by atoms with Crippen molar-refractivity contribution in [2.75, 3.05) is 32.2 Å². The third kappa shape index (κ3) is 6.12. The standard InChI is InChI=1S/C14H22ClNO2/c1-2-17-13-7-3-4-8-14(13)18-12-11-16-10-6-5-9-15/h3-4,7-8,16H,2,5-6,9-12H2,1H3. The molecule has 0 aliphatic heterocycles. The molecule has 1 aromatic rings. The van der Waals surface area contributed by atoms with Crippen LogP contribution in [-0.4, -0.2) is 32.2 Å². The minimum absolute atomic E-state index is 0.644. The monoisotopic (exact) mass is 271 g/mol. The van der Waals surface area contributed by atoms with Gasteiger partial charge in [-0.25, -0.2) is 0 Å². The van der Waals surface area contributed by atoms with E-state index < -0.39 is 0 Å². The fraction of sp³-hybridized carbons (Fsp3) is 0.571. The summed E-state index contributed by atoms with van der Waals surface area (Å²) in [6.07, 6.45) is 2.17. The zero-order chi connectivity index (χ0) is 13.1. The molecule has 0 fully saturated rings. The summed E-state index contributed by atoms with van der Waals surface area (Å²) in [7, 11) is 0. The van der Waals surface area contributed by atoms with Gasteiger partial charge in [-0.05, 0) is 38.4 Å². The number of benzene rings is 1. The van der Waals surface area contributed by atoms with Gasteiger partial charge < -0.3 is 14.8 Å². The Morgan fingerprint density at radius 3 is 2.44 bits per heavy atom. The van der Waals surface area contributed by atoms with Crippen molar-refractivity contribution in [1.29, 1.82) is 0 Å². The molecule has 3 nitrogen and oxygen atoms in total. The topological polar surface area (TPSA) is 30.5 Å². The van der Waals surface area contributed by atoms with Crippen molar-refractivity contribution in [3.63, 3.8) is 0 Å². The van der Waals surface area contributed by atoms with Crippen LogP contribution in [0, 0.1) is 0 Å². The van der Waals surface area contributed by atoms with Gasteiger partial charge in [0.2, 0.25) is 0 Å². The molecule has 0 aliphatic rings. The second kappa shape index (κ2) is 10.0. The second-order valence-corrected chi connectivity index (χ2v) is 4.25. The van der Waals surface area contributed by atoms with Crippen molar-refractivity contribution in [2.24, 2.45) is 0 Å². The van der Waals surface area contributed by atoms with Crippen LogP contribution in [0.1, 0.15) is 19.8 Å². The molecular formula is C14H22ClNO2. The number of rotatable bonds is 10. The van der Waals surface area contributed by atoms with E-state index in [2.05, 4.69) is 5.32 Å². The molecule has 4 heteroatoms. The molecule has 102 valence electrons. The molecule has 0 saturated heterocycles. The Morgan fingerprint density at radius 1 is 1.06 bits per heavy atom. The van der Waals surface area contributed by atoms with E-state index in [-0.39, 0.29) is 0 Å². The minimum atomic E-state index is 0.644. The number of hydrogen-bond donors (Lipinski definition) is 1. The molecule has 1 aromatic carbocycles. The Kier molecular flexibility index (Phi) is 8.43. The highest BCUT2D eigenvalue weighted by Gasteiger charge is 2.02. The van der Waals surface area contributed by atoms with Crippen LogP contribution >= 0.6 is 11.6 Å². The highest BCUT2D eigenvalue weighted by molar-refractivity contribution is 6.17. The molecule has 0 atom stereocenters. The first kappa shape index (κ1) is 15.1. The molecule has 1 N–H and O–H groups in total. The Labute approximate surface area is 114 Å². The highest BCUT2D eigenvalue weighted by Crippen LogP contribution is 2.25. The van der Waals surface area contributed by atoms with Gasteiger partial charge in [0.1, 0.15) is 6.61 Å². The van der Waals surface area contributed by atoms with E-state index in [9.17, 15) is 0 Å². The lowest BCUT2D eigenvalue weighted by Crippen LogP contribution is -2.22. The maximum absolute atomic E-state index is 5.68. The van der Waals surface area contributed by atoms with Crippen molar-refractivity contribution in [3.05, 3.63) is 24.3 Å². The third-order valence-corrected chi connectivity index (χ3v) is 2.69. The first-order valence-corrected chi connectivity index (χ1v) is 7.03. The van der Waals surface area contributed by atoms with Crippen LogP contribution < -0.4 is 14.8 Å². The Balaban J connectivity index is 2.18. The number of alkyl halides is 1. The average molecular weight is 272 g/mol. The molecule has 0 saturated carbocycles. The van der Waals surface area contributed by atoms with Gasteiger partial charge in [0.05, 0.1) is 6.61 Å². The summed E-state index contributed by atoms with van der Waals surface area (Å²) in [6, 6.07) is 7.75. The van der Waals surface area contributed by atoms with Gasteiger partial charge >= 0.3 is 0 Å². The summed E-state index contributed by atoms with van der Waals surface area (Å²) < 4.78 is 11.2.